The van der Waals surface area contributed by atoms with E-state index in [4.69, 9.17) is 0 Å². The van der Waals surface area contributed by atoms with E-state index in [1.54, 1.807) is 0 Å². The fraction of sp³-hybridized carbons (Fsp3) is 0.125. The molecule has 0 spiro atoms. The average Bonchev–Trinajstić information content (AvgIpc) is 3.13. The van der Waals surface area contributed by atoms with Crippen LogP contribution in [0.25, 0.3) is 10.9 Å². The molecule has 3 aromatic rings. The van der Waals surface area contributed by atoms with Crippen molar-refractivity contribution in [2.45, 2.75) is 6.10 Å². The second kappa shape index (κ2) is 6.62. The summed E-state index contributed by atoms with van der Waals surface area (Å²) in [5, 5.41) is 37.4. The van der Waals surface area contributed by atoms with E-state index in [0.29, 0.717) is 16.7 Å². The van der Waals surface area contributed by atoms with Gasteiger partial charge in [-0.2, -0.15) is 16.6 Å². The van der Waals surface area contributed by atoms with E-state index in [2.05, 4.69) is 10.3 Å². The van der Waals surface area contributed by atoms with Gasteiger partial charge in [-0.1, -0.05) is 0 Å². The number of nitrogens with zero attached hydrogens (tertiary/aromatic N) is 3. The number of thiophene rings is 1. The third-order valence-corrected chi connectivity index (χ3v) is 4.23. The van der Waals surface area contributed by atoms with Crippen LogP contribution in [0.3, 0.4) is 0 Å². The molecule has 0 fully saturated rings. The molecule has 8 heteroatoms. The summed E-state index contributed by atoms with van der Waals surface area (Å²) < 4.78 is 0. The van der Waals surface area contributed by atoms with Crippen LogP contribution in [0.15, 0.2) is 41.1 Å². The van der Waals surface area contributed by atoms with E-state index in [1.165, 1.54) is 35.6 Å². The highest BCUT2D eigenvalue weighted by molar-refractivity contribution is 7.07. The van der Waals surface area contributed by atoms with Crippen LogP contribution in [0.1, 0.15) is 17.2 Å². The summed E-state index contributed by atoms with van der Waals surface area (Å²) in [6.07, 6.45) is -0.684. The first-order valence-electron chi connectivity index (χ1n) is 7.02. The van der Waals surface area contributed by atoms with Crippen molar-refractivity contribution in [2.75, 3.05) is 11.9 Å². The lowest BCUT2D eigenvalue weighted by atomic mass is 10.1. The molecule has 0 aliphatic carbocycles. The average molecular weight is 340 g/mol. The first kappa shape index (κ1) is 15.9. The van der Waals surface area contributed by atoms with Gasteiger partial charge in [-0.05, 0) is 34.5 Å². The van der Waals surface area contributed by atoms with Gasteiger partial charge >= 0.3 is 0 Å². The minimum atomic E-state index is -0.684. The zero-order valence-corrected chi connectivity index (χ0v) is 13.2. The summed E-state index contributed by atoms with van der Waals surface area (Å²) in [7, 11) is 0. The molecule has 24 heavy (non-hydrogen) atoms. The lowest BCUT2D eigenvalue weighted by Gasteiger charge is -2.12. The Kier molecular flexibility index (Phi) is 4.37. The fourth-order valence-electron chi connectivity index (χ4n) is 2.29. The Hall–Kier alpha value is -3.02. The number of nitro groups is 1. The van der Waals surface area contributed by atoms with Crippen LogP contribution < -0.4 is 5.32 Å². The molecule has 0 saturated heterocycles. The highest BCUT2D eigenvalue weighted by Gasteiger charge is 2.13. The summed E-state index contributed by atoms with van der Waals surface area (Å²) in [6.45, 7) is 0.243. The number of pyridine rings is 1. The maximum absolute atomic E-state index is 10.9. The Morgan fingerprint density at radius 2 is 2.25 bits per heavy atom. The molecular formula is C16H12N4O3S. The number of nitriles is 1. The van der Waals surface area contributed by atoms with Crippen LogP contribution in [0, 0.1) is 21.4 Å². The molecule has 0 amide bonds. The number of anilines is 1. The molecule has 0 radical (unpaired) electrons. The van der Waals surface area contributed by atoms with Gasteiger partial charge in [0.05, 0.1) is 28.2 Å². The molecule has 0 unspecified atom stereocenters. The van der Waals surface area contributed by atoms with Crippen LogP contribution in [0.2, 0.25) is 0 Å². The highest BCUT2D eigenvalue weighted by Crippen LogP contribution is 2.25. The number of aliphatic hydroxyl groups excluding tert-OH is 1. The van der Waals surface area contributed by atoms with Crippen LogP contribution >= 0.6 is 11.3 Å². The summed E-state index contributed by atoms with van der Waals surface area (Å²) in [5.74, 6) is 0.433. The van der Waals surface area contributed by atoms with Crippen molar-refractivity contribution >= 4 is 33.7 Å². The lowest BCUT2D eigenvalue weighted by molar-refractivity contribution is -0.384. The summed E-state index contributed by atoms with van der Waals surface area (Å²) in [4.78, 5) is 14.7. The minimum Gasteiger partial charge on any atom is -0.387 e. The maximum Gasteiger partial charge on any atom is 0.270 e. The van der Waals surface area contributed by atoms with Gasteiger partial charge in [0.15, 0.2) is 0 Å². The smallest absolute Gasteiger partial charge is 0.270 e. The quantitative estimate of drug-likeness (QED) is 0.545. The molecule has 0 saturated carbocycles. The van der Waals surface area contributed by atoms with E-state index in [9.17, 15) is 20.5 Å². The topological polar surface area (TPSA) is 112 Å². The van der Waals surface area contributed by atoms with E-state index in [1.807, 2.05) is 22.9 Å². The number of rotatable bonds is 5. The molecule has 1 atom stereocenters. The lowest BCUT2D eigenvalue weighted by Crippen LogP contribution is -2.12. The number of aliphatic hydroxyl groups is 1. The Balaban J connectivity index is 1.88. The van der Waals surface area contributed by atoms with Gasteiger partial charge in [0, 0.05) is 24.1 Å². The summed E-state index contributed by atoms with van der Waals surface area (Å²) in [6, 6.07) is 9.58. The largest absolute Gasteiger partial charge is 0.387 e. The van der Waals surface area contributed by atoms with E-state index in [-0.39, 0.29) is 17.8 Å². The fourth-order valence-corrected chi connectivity index (χ4v) is 3.00. The van der Waals surface area contributed by atoms with Crippen LogP contribution in [-0.4, -0.2) is 21.6 Å². The number of fused-ring (bicyclic) bond motifs is 1. The first-order valence-corrected chi connectivity index (χ1v) is 7.96. The number of nitro benzene ring substituents is 1. The molecule has 2 heterocycles. The predicted octanol–water partition coefficient (Wildman–Crippen LogP) is 3.22. The number of benzene rings is 1. The molecule has 120 valence electrons. The highest BCUT2D eigenvalue weighted by atomic mass is 32.1. The molecule has 0 aliphatic heterocycles. The molecule has 2 aromatic heterocycles. The SMILES string of the molecule is N#Cc1cc(NC[C@H](O)c2ccsc2)nc2ccc([N+](=O)[O-])cc12. The normalized spacial score (nSPS) is 11.8. The summed E-state index contributed by atoms with van der Waals surface area (Å²) in [5.41, 5.74) is 1.49. The molecular weight excluding hydrogens is 328 g/mol. The van der Waals surface area contributed by atoms with Crippen molar-refractivity contribution in [3.63, 3.8) is 0 Å². The number of nitrogens with one attached hydrogen (secondary N) is 1. The second-order valence-corrected chi connectivity index (χ2v) is 5.86. The second-order valence-electron chi connectivity index (χ2n) is 5.08. The van der Waals surface area contributed by atoms with E-state index < -0.39 is 11.0 Å². The van der Waals surface area contributed by atoms with Crippen molar-refractivity contribution in [2.24, 2.45) is 0 Å². The third-order valence-electron chi connectivity index (χ3n) is 3.53. The molecule has 3 rings (SSSR count). The molecule has 2 N–H and O–H groups in total. The minimum absolute atomic E-state index is 0.0885. The Morgan fingerprint density at radius 1 is 1.42 bits per heavy atom. The van der Waals surface area contributed by atoms with Gasteiger partial charge in [0.2, 0.25) is 0 Å². The molecule has 0 bridgehead atoms. The van der Waals surface area contributed by atoms with Crippen molar-refractivity contribution in [3.8, 4) is 6.07 Å². The van der Waals surface area contributed by atoms with E-state index >= 15 is 0 Å². The van der Waals surface area contributed by atoms with Gasteiger partial charge in [-0.25, -0.2) is 4.98 Å². The van der Waals surface area contributed by atoms with Crippen molar-refractivity contribution in [1.82, 2.24) is 4.98 Å². The zero-order valence-electron chi connectivity index (χ0n) is 12.3. The Labute approximate surface area is 141 Å². The predicted molar refractivity (Wildman–Crippen MR) is 90.9 cm³/mol. The van der Waals surface area contributed by atoms with Gasteiger partial charge in [0.1, 0.15) is 5.82 Å². The molecule has 7 nitrogen and oxygen atoms in total. The molecule has 0 aliphatic rings. The van der Waals surface area contributed by atoms with Gasteiger partial charge in [0.25, 0.3) is 5.69 Å². The van der Waals surface area contributed by atoms with Crippen molar-refractivity contribution < 1.29 is 10.0 Å². The van der Waals surface area contributed by atoms with Crippen molar-refractivity contribution in [1.29, 1.82) is 5.26 Å². The third kappa shape index (κ3) is 3.17. The number of hydrogen-bond acceptors (Lipinski definition) is 7. The molecule has 1 aromatic carbocycles. The monoisotopic (exact) mass is 340 g/mol. The number of hydrogen-bond donors (Lipinski definition) is 2. The Bertz CT molecular complexity index is 934. The number of non-ortho nitro benzene ring substituents is 1. The van der Waals surface area contributed by atoms with Gasteiger partial charge in [-0.15, -0.1) is 0 Å². The van der Waals surface area contributed by atoms with E-state index in [0.717, 1.165) is 5.56 Å². The number of aromatic nitrogens is 1. The van der Waals surface area contributed by atoms with Crippen LogP contribution in [0.5, 0.6) is 0 Å². The van der Waals surface area contributed by atoms with Gasteiger partial charge < -0.3 is 10.4 Å². The van der Waals surface area contributed by atoms with Crippen LogP contribution in [-0.2, 0) is 0 Å². The summed E-state index contributed by atoms with van der Waals surface area (Å²) >= 11 is 1.50. The van der Waals surface area contributed by atoms with Crippen LogP contribution in [0.4, 0.5) is 11.5 Å². The van der Waals surface area contributed by atoms with Crippen molar-refractivity contribution in [3.05, 3.63) is 62.3 Å². The Morgan fingerprint density at radius 3 is 2.92 bits per heavy atom. The van der Waals surface area contributed by atoms with Gasteiger partial charge in [-0.3, -0.25) is 10.1 Å². The zero-order chi connectivity index (χ0) is 17.1. The first-order chi connectivity index (χ1) is 11.6. The maximum atomic E-state index is 10.9. The standard InChI is InChI=1S/C16H12N4O3S/c17-7-11-5-16(18-8-15(21)10-3-4-24-9-10)19-14-2-1-12(20(22)23)6-13(11)14/h1-6,9,15,21H,8H2,(H,18,19)/t15-/m0/s1.